The van der Waals surface area contributed by atoms with E-state index in [2.05, 4.69) is 19.2 Å². The van der Waals surface area contributed by atoms with Gasteiger partial charge in [-0.2, -0.15) is 0 Å². The molecule has 0 aromatic heterocycles. The molecule has 1 aliphatic carbocycles. The number of rotatable bonds is 4. The summed E-state index contributed by atoms with van der Waals surface area (Å²) in [5.74, 6) is 1.47. The van der Waals surface area contributed by atoms with Gasteiger partial charge in [0.1, 0.15) is 0 Å². The van der Waals surface area contributed by atoms with E-state index in [1.54, 1.807) is 0 Å². The number of amides is 1. The predicted molar refractivity (Wildman–Crippen MR) is 62.3 cm³/mol. The average molecular weight is 212 g/mol. The zero-order valence-corrected chi connectivity index (χ0v) is 10.1. The summed E-state index contributed by atoms with van der Waals surface area (Å²) >= 11 is 0. The first kappa shape index (κ1) is 12.5. The normalized spacial score (nSPS) is 32.7. The standard InChI is InChI=1S/C12H24N2O/c1-4-10(7-13)12(15)14-11-6-5-8(2)9(11)3/h8-11H,4-7,13H2,1-3H3,(H,14,15). The molecule has 3 nitrogen and oxygen atoms in total. The molecule has 88 valence electrons. The van der Waals surface area contributed by atoms with Crippen molar-refractivity contribution in [2.45, 2.75) is 46.1 Å². The molecule has 0 aromatic carbocycles. The lowest BCUT2D eigenvalue weighted by atomic mass is 9.97. The van der Waals surface area contributed by atoms with Gasteiger partial charge in [0.15, 0.2) is 0 Å². The van der Waals surface area contributed by atoms with Crippen LogP contribution in [0.15, 0.2) is 0 Å². The van der Waals surface area contributed by atoms with Gasteiger partial charge in [0, 0.05) is 18.5 Å². The van der Waals surface area contributed by atoms with E-state index in [9.17, 15) is 4.79 Å². The Hall–Kier alpha value is -0.570. The third-order valence-corrected chi connectivity index (χ3v) is 3.94. The van der Waals surface area contributed by atoms with E-state index >= 15 is 0 Å². The van der Waals surface area contributed by atoms with Crippen LogP contribution in [0.25, 0.3) is 0 Å². The predicted octanol–water partition coefficient (Wildman–Crippen LogP) is 1.52. The largest absolute Gasteiger partial charge is 0.353 e. The molecular weight excluding hydrogens is 188 g/mol. The molecule has 1 rings (SSSR count). The summed E-state index contributed by atoms with van der Waals surface area (Å²) in [7, 11) is 0. The van der Waals surface area contributed by atoms with Crippen LogP contribution in [0.4, 0.5) is 0 Å². The molecule has 1 amide bonds. The maximum Gasteiger partial charge on any atom is 0.224 e. The van der Waals surface area contributed by atoms with Gasteiger partial charge in [0.2, 0.25) is 5.91 Å². The molecule has 3 heteroatoms. The van der Waals surface area contributed by atoms with Crippen LogP contribution in [0.2, 0.25) is 0 Å². The van der Waals surface area contributed by atoms with Crippen LogP contribution in [0.5, 0.6) is 0 Å². The second-order valence-corrected chi connectivity index (χ2v) is 4.87. The molecule has 3 N–H and O–H groups in total. The number of hydrogen-bond acceptors (Lipinski definition) is 2. The van der Waals surface area contributed by atoms with E-state index in [0.29, 0.717) is 18.5 Å². The molecule has 1 aliphatic rings. The van der Waals surface area contributed by atoms with E-state index in [1.165, 1.54) is 6.42 Å². The molecular formula is C12H24N2O. The SMILES string of the molecule is CCC(CN)C(=O)NC1CCC(C)C1C. The first-order chi connectivity index (χ1) is 7.10. The maximum absolute atomic E-state index is 11.8. The Labute approximate surface area is 92.8 Å². The van der Waals surface area contributed by atoms with Crippen molar-refractivity contribution in [2.75, 3.05) is 6.54 Å². The van der Waals surface area contributed by atoms with Crippen molar-refractivity contribution in [1.29, 1.82) is 0 Å². The molecule has 1 fully saturated rings. The summed E-state index contributed by atoms with van der Waals surface area (Å²) in [6, 6.07) is 0.369. The highest BCUT2D eigenvalue weighted by molar-refractivity contribution is 5.79. The first-order valence-corrected chi connectivity index (χ1v) is 6.10. The van der Waals surface area contributed by atoms with E-state index in [-0.39, 0.29) is 11.8 Å². The molecule has 0 aliphatic heterocycles. The summed E-state index contributed by atoms with van der Waals surface area (Å²) in [4.78, 5) is 11.8. The van der Waals surface area contributed by atoms with Crippen LogP contribution in [0, 0.1) is 17.8 Å². The van der Waals surface area contributed by atoms with Crippen LogP contribution < -0.4 is 11.1 Å². The Kier molecular flexibility index (Phi) is 4.58. The van der Waals surface area contributed by atoms with Gasteiger partial charge in [-0.15, -0.1) is 0 Å². The third kappa shape index (κ3) is 2.94. The molecule has 15 heavy (non-hydrogen) atoms. The number of carbonyl (C=O) groups excluding carboxylic acids is 1. The van der Waals surface area contributed by atoms with E-state index < -0.39 is 0 Å². The lowest BCUT2D eigenvalue weighted by Gasteiger charge is -2.22. The number of hydrogen-bond donors (Lipinski definition) is 2. The summed E-state index contributed by atoms with van der Waals surface area (Å²) in [5.41, 5.74) is 5.56. The van der Waals surface area contributed by atoms with Crippen LogP contribution in [-0.4, -0.2) is 18.5 Å². The van der Waals surface area contributed by atoms with Crippen molar-refractivity contribution in [3.8, 4) is 0 Å². The smallest absolute Gasteiger partial charge is 0.224 e. The lowest BCUT2D eigenvalue weighted by molar-refractivity contribution is -0.125. The zero-order valence-electron chi connectivity index (χ0n) is 10.1. The van der Waals surface area contributed by atoms with Gasteiger partial charge in [0.05, 0.1) is 0 Å². The fourth-order valence-electron chi connectivity index (χ4n) is 2.33. The minimum Gasteiger partial charge on any atom is -0.353 e. The van der Waals surface area contributed by atoms with Crippen LogP contribution in [0.1, 0.15) is 40.0 Å². The molecule has 0 radical (unpaired) electrons. The first-order valence-electron chi connectivity index (χ1n) is 6.10. The number of carbonyl (C=O) groups is 1. The van der Waals surface area contributed by atoms with Crippen LogP contribution in [0.3, 0.4) is 0 Å². The summed E-state index contributed by atoms with van der Waals surface area (Å²) in [6.45, 7) is 6.96. The minimum absolute atomic E-state index is 0.00638. The van der Waals surface area contributed by atoms with Gasteiger partial charge < -0.3 is 11.1 Å². The summed E-state index contributed by atoms with van der Waals surface area (Å²) < 4.78 is 0. The topological polar surface area (TPSA) is 55.1 Å². The second-order valence-electron chi connectivity index (χ2n) is 4.87. The highest BCUT2D eigenvalue weighted by atomic mass is 16.1. The molecule has 0 aromatic rings. The van der Waals surface area contributed by atoms with Crippen molar-refractivity contribution in [3.05, 3.63) is 0 Å². The van der Waals surface area contributed by atoms with Crippen LogP contribution >= 0.6 is 0 Å². The van der Waals surface area contributed by atoms with Crippen molar-refractivity contribution >= 4 is 5.91 Å². The molecule has 0 saturated heterocycles. The van der Waals surface area contributed by atoms with Gasteiger partial charge in [-0.3, -0.25) is 4.79 Å². The molecule has 0 spiro atoms. The van der Waals surface area contributed by atoms with Crippen molar-refractivity contribution in [3.63, 3.8) is 0 Å². The summed E-state index contributed by atoms with van der Waals surface area (Å²) in [6.07, 6.45) is 3.18. The fourth-order valence-corrected chi connectivity index (χ4v) is 2.33. The Bertz CT molecular complexity index is 214. The Morgan fingerprint density at radius 1 is 1.47 bits per heavy atom. The lowest BCUT2D eigenvalue weighted by Crippen LogP contribution is -2.42. The quantitative estimate of drug-likeness (QED) is 0.742. The highest BCUT2D eigenvalue weighted by Crippen LogP contribution is 2.31. The summed E-state index contributed by atoms with van der Waals surface area (Å²) in [5, 5.41) is 3.14. The average Bonchev–Trinajstić information content (AvgIpc) is 2.52. The molecule has 4 atom stereocenters. The van der Waals surface area contributed by atoms with Gasteiger partial charge >= 0.3 is 0 Å². The monoisotopic (exact) mass is 212 g/mol. The highest BCUT2D eigenvalue weighted by Gasteiger charge is 2.31. The third-order valence-electron chi connectivity index (χ3n) is 3.94. The van der Waals surface area contributed by atoms with Crippen molar-refractivity contribution in [2.24, 2.45) is 23.5 Å². The maximum atomic E-state index is 11.8. The van der Waals surface area contributed by atoms with E-state index in [0.717, 1.165) is 18.8 Å². The van der Waals surface area contributed by atoms with Crippen molar-refractivity contribution in [1.82, 2.24) is 5.32 Å². The van der Waals surface area contributed by atoms with Crippen molar-refractivity contribution < 1.29 is 4.79 Å². The van der Waals surface area contributed by atoms with Gasteiger partial charge in [-0.25, -0.2) is 0 Å². The van der Waals surface area contributed by atoms with E-state index in [4.69, 9.17) is 5.73 Å². The molecule has 0 bridgehead atoms. The Balaban J connectivity index is 2.44. The van der Waals surface area contributed by atoms with Gasteiger partial charge in [0.25, 0.3) is 0 Å². The van der Waals surface area contributed by atoms with Gasteiger partial charge in [-0.1, -0.05) is 20.8 Å². The van der Waals surface area contributed by atoms with Gasteiger partial charge in [-0.05, 0) is 31.1 Å². The minimum atomic E-state index is -0.00638. The fraction of sp³-hybridized carbons (Fsp3) is 0.917. The number of nitrogens with two attached hydrogens (primary N) is 1. The molecule has 0 heterocycles. The Morgan fingerprint density at radius 3 is 2.53 bits per heavy atom. The van der Waals surface area contributed by atoms with Crippen LogP contribution in [-0.2, 0) is 4.79 Å². The molecule has 4 unspecified atom stereocenters. The molecule has 1 saturated carbocycles. The zero-order chi connectivity index (χ0) is 11.4. The second kappa shape index (κ2) is 5.50. The Morgan fingerprint density at radius 2 is 2.13 bits per heavy atom. The number of nitrogens with one attached hydrogen (secondary N) is 1. The van der Waals surface area contributed by atoms with E-state index in [1.807, 2.05) is 6.92 Å².